The van der Waals surface area contributed by atoms with E-state index in [0.717, 1.165) is 0 Å². The number of ether oxygens (including phenoxy) is 1. The molecule has 1 amide bonds. The number of nitrogens with one attached hydrogen (secondary N) is 1. The Morgan fingerprint density at radius 2 is 2.11 bits per heavy atom. The van der Waals surface area contributed by atoms with Crippen molar-refractivity contribution in [3.8, 4) is 5.75 Å². The van der Waals surface area contributed by atoms with Gasteiger partial charge in [-0.05, 0) is 25.1 Å². The molecule has 19 heavy (non-hydrogen) atoms. The van der Waals surface area contributed by atoms with E-state index in [1.807, 2.05) is 0 Å². The molecule has 1 aromatic rings. The van der Waals surface area contributed by atoms with Crippen LogP contribution in [0.5, 0.6) is 5.75 Å². The van der Waals surface area contributed by atoms with Crippen molar-refractivity contribution in [1.82, 2.24) is 5.32 Å². The highest BCUT2D eigenvalue weighted by Gasteiger charge is 2.13. The first-order valence-electron chi connectivity index (χ1n) is 5.50. The van der Waals surface area contributed by atoms with Gasteiger partial charge in [-0.15, -0.1) is 0 Å². The van der Waals surface area contributed by atoms with E-state index in [-0.39, 0.29) is 13.0 Å². The van der Waals surface area contributed by atoms with Crippen LogP contribution in [-0.2, 0) is 9.59 Å². The Kier molecular flexibility index (Phi) is 5.92. The van der Waals surface area contributed by atoms with Crippen LogP contribution in [0.1, 0.15) is 13.3 Å². The molecular weight excluding hydrogens is 293 g/mol. The molecule has 5 nitrogen and oxygen atoms in total. The maximum Gasteiger partial charge on any atom is 0.325 e. The number of rotatable bonds is 6. The van der Waals surface area contributed by atoms with E-state index in [0.29, 0.717) is 15.8 Å². The van der Waals surface area contributed by atoms with Crippen LogP contribution in [-0.4, -0.2) is 29.6 Å². The fourth-order valence-electron chi connectivity index (χ4n) is 1.22. The van der Waals surface area contributed by atoms with Crippen LogP contribution in [0.2, 0.25) is 10.0 Å². The average Bonchev–Trinajstić information content (AvgIpc) is 2.31. The van der Waals surface area contributed by atoms with Crippen molar-refractivity contribution in [2.24, 2.45) is 0 Å². The second-order valence-electron chi connectivity index (χ2n) is 3.80. The third kappa shape index (κ3) is 5.36. The Labute approximate surface area is 120 Å². The van der Waals surface area contributed by atoms with Gasteiger partial charge in [0.05, 0.1) is 18.1 Å². The van der Waals surface area contributed by atoms with Crippen molar-refractivity contribution >= 4 is 35.1 Å². The molecule has 0 aromatic heterocycles. The molecule has 0 bridgehead atoms. The van der Waals surface area contributed by atoms with Crippen molar-refractivity contribution in [3.05, 3.63) is 28.2 Å². The lowest BCUT2D eigenvalue weighted by molar-refractivity contribution is -0.141. The van der Waals surface area contributed by atoms with Gasteiger partial charge in [-0.1, -0.05) is 23.2 Å². The number of hydrogen-bond donors (Lipinski definition) is 2. The summed E-state index contributed by atoms with van der Waals surface area (Å²) in [6.07, 6.45) is 0.0383. The van der Waals surface area contributed by atoms with E-state index in [2.05, 4.69) is 5.32 Å². The van der Waals surface area contributed by atoms with E-state index in [4.69, 9.17) is 33.0 Å². The normalized spacial score (nSPS) is 11.7. The zero-order valence-corrected chi connectivity index (χ0v) is 11.7. The van der Waals surface area contributed by atoms with E-state index in [9.17, 15) is 9.59 Å². The smallest absolute Gasteiger partial charge is 0.325 e. The first-order chi connectivity index (χ1) is 8.90. The van der Waals surface area contributed by atoms with Gasteiger partial charge < -0.3 is 15.2 Å². The zero-order valence-electron chi connectivity index (χ0n) is 10.2. The van der Waals surface area contributed by atoms with Gasteiger partial charge in [-0.25, -0.2) is 0 Å². The van der Waals surface area contributed by atoms with Crippen LogP contribution in [0.15, 0.2) is 18.2 Å². The maximum atomic E-state index is 11.4. The summed E-state index contributed by atoms with van der Waals surface area (Å²) in [4.78, 5) is 21.9. The van der Waals surface area contributed by atoms with Crippen molar-refractivity contribution in [2.75, 3.05) is 6.61 Å². The molecule has 0 unspecified atom stereocenters. The second-order valence-corrected chi connectivity index (χ2v) is 4.64. The van der Waals surface area contributed by atoms with E-state index in [1.54, 1.807) is 12.1 Å². The summed E-state index contributed by atoms with van der Waals surface area (Å²) >= 11 is 11.6. The van der Waals surface area contributed by atoms with Gasteiger partial charge in [0.15, 0.2) is 0 Å². The third-order valence-electron chi connectivity index (χ3n) is 2.23. The molecule has 0 saturated heterocycles. The third-order valence-corrected chi connectivity index (χ3v) is 2.76. The number of carboxylic acids is 1. The predicted octanol–water partition coefficient (Wildman–Crippen LogP) is 2.35. The minimum Gasteiger partial charge on any atom is -0.491 e. The molecule has 0 aliphatic heterocycles. The van der Waals surface area contributed by atoms with E-state index < -0.39 is 17.9 Å². The minimum atomic E-state index is -1.09. The van der Waals surface area contributed by atoms with Gasteiger partial charge in [-0.3, -0.25) is 9.59 Å². The largest absolute Gasteiger partial charge is 0.491 e. The number of carbonyl (C=O) groups excluding carboxylic acids is 1. The summed E-state index contributed by atoms with van der Waals surface area (Å²) in [6, 6.07) is 3.83. The highest BCUT2D eigenvalue weighted by atomic mass is 35.5. The first kappa shape index (κ1) is 15.6. The van der Waals surface area contributed by atoms with Crippen LogP contribution in [0.4, 0.5) is 0 Å². The number of halogens is 2. The summed E-state index contributed by atoms with van der Waals surface area (Å²) in [5, 5.41) is 11.8. The fourth-order valence-corrected chi connectivity index (χ4v) is 1.68. The molecule has 1 aromatic carbocycles. The Hall–Kier alpha value is -1.46. The fraction of sp³-hybridized carbons (Fsp3) is 0.333. The number of hydrogen-bond acceptors (Lipinski definition) is 3. The Morgan fingerprint density at radius 1 is 1.42 bits per heavy atom. The minimum absolute atomic E-state index is 0.0383. The van der Waals surface area contributed by atoms with Crippen molar-refractivity contribution in [2.45, 2.75) is 19.4 Å². The molecule has 0 saturated carbocycles. The monoisotopic (exact) mass is 305 g/mol. The van der Waals surface area contributed by atoms with Gasteiger partial charge in [0.1, 0.15) is 11.8 Å². The lowest BCUT2D eigenvalue weighted by atomic mass is 10.3. The van der Waals surface area contributed by atoms with Gasteiger partial charge in [0.25, 0.3) is 0 Å². The van der Waals surface area contributed by atoms with Crippen LogP contribution in [0.25, 0.3) is 0 Å². The van der Waals surface area contributed by atoms with Gasteiger partial charge in [-0.2, -0.15) is 0 Å². The van der Waals surface area contributed by atoms with Crippen molar-refractivity contribution in [1.29, 1.82) is 0 Å². The molecular formula is C12H13Cl2NO4. The molecule has 0 aliphatic carbocycles. The molecule has 2 N–H and O–H groups in total. The summed E-state index contributed by atoms with van der Waals surface area (Å²) in [5.41, 5.74) is 0. The zero-order chi connectivity index (χ0) is 14.4. The number of aliphatic carboxylic acids is 1. The summed E-state index contributed by atoms with van der Waals surface area (Å²) in [5.74, 6) is -1.07. The van der Waals surface area contributed by atoms with E-state index in [1.165, 1.54) is 13.0 Å². The Morgan fingerprint density at radius 3 is 2.68 bits per heavy atom. The van der Waals surface area contributed by atoms with Crippen molar-refractivity contribution < 1.29 is 19.4 Å². The lowest BCUT2D eigenvalue weighted by Crippen LogP contribution is -2.38. The summed E-state index contributed by atoms with van der Waals surface area (Å²) < 4.78 is 5.31. The molecule has 0 aliphatic rings. The Balaban J connectivity index is 2.38. The molecule has 0 fully saturated rings. The summed E-state index contributed by atoms with van der Waals surface area (Å²) in [7, 11) is 0. The molecule has 0 heterocycles. The van der Waals surface area contributed by atoms with Crippen molar-refractivity contribution in [3.63, 3.8) is 0 Å². The standard InChI is InChI=1S/C12H13Cl2NO4/c1-7(12(17)18)15-11(16)4-5-19-10-3-2-8(13)6-9(10)14/h2-3,6-7H,4-5H2,1H3,(H,15,16)(H,17,18)/t7-/m0/s1. The van der Waals surface area contributed by atoms with Gasteiger partial charge >= 0.3 is 5.97 Å². The molecule has 1 atom stereocenters. The molecule has 0 radical (unpaired) electrons. The number of benzene rings is 1. The average molecular weight is 306 g/mol. The maximum absolute atomic E-state index is 11.4. The first-order valence-corrected chi connectivity index (χ1v) is 6.25. The SMILES string of the molecule is C[C@H](NC(=O)CCOc1ccc(Cl)cc1Cl)C(=O)O. The van der Waals surface area contributed by atoms with Crippen LogP contribution < -0.4 is 10.1 Å². The highest BCUT2D eigenvalue weighted by molar-refractivity contribution is 6.35. The predicted molar refractivity (Wildman–Crippen MR) is 71.8 cm³/mol. The number of carbonyl (C=O) groups is 2. The lowest BCUT2D eigenvalue weighted by Gasteiger charge is -2.10. The van der Waals surface area contributed by atoms with Gasteiger partial charge in [0, 0.05) is 5.02 Å². The molecule has 1 rings (SSSR count). The number of carboxylic acid groups (broad SMARTS) is 1. The highest BCUT2D eigenvalue weighted by Crippen LogP contribution is 2.27. The molecule has 0 spiro atoms. The van der Waals surface area contributed by atoms with Crippen LogP contribution in [0, 0.1) is 0 Å². The topological polar surface area (TPSA) is 75.6 Å². The number of amides is 1. The summed E-state index contributed by atoms with van der Waals surface area (Å²) in [6.45, 7) is 1.48. The van der Waals surface area contributed by atoms with E-state index >= 15 is 0 Å². The van der Waals surface area contributed by atoms with Gasteiger partial charge in [0.2, 0.25) is 5.91 Å². The second kappa shape index (κ2) is 7.21. The van der Waals surface area contributed by atoms with Crippen LogP contribution >= 0.6 is 23.2 Å². The van der Waals surface area contributed by atoms with Crippen LogP contribution in [0.3, 0.4) is 0 Å². The quantitative estimate of drug-likeness (QED) is 0.846. The molecule has 7 heteroatoms. The molecule has 104 valence electrons. The Bertz CT molecular complexity index is 479.